The molecule has 0 N–H and O–H groups in total. The fourth-order valence-corrected chi connectivity index (χ4v) is 4.05. The van der Waals surface area contributed by atoms with E-state index in [1.165, 1.54) is 12.8 Å². The van der Waals surface area contributed by atoms with Crippen LogP contribution in [-0.4, -0.2) is 41.3 Å². The molecule has 2 rings (SSSR count). The number of likely N-dealkylation sites (tertiary alicyclic amines) is 1. The number of nitrogens with zero attached hydrogens (tertiary/aromatic N) is 1. The zero-order valence-corrected chi connectivity index (χ0v) is 16.8. The third kappa shape index (κ3) is 5.11. The van der Waals surface area contributed by atoms with Crippen molar-refractivity contribution in [1.29, 1.82) is 0 Å². The number of carbonyl (C=O) groups excluding carboxylic acids is 2. The molecule has 1 aliphatic heterocycles. The lowest BCUT2D eigenvalue weighted by molar-refractivity contribution is -0.175. The first kappa shape index (κ1) is 20.1. The van der Waals surface area contributed by atoms with E-state index in [-0.39, 0.29) is 12.1 Å². The summed E-state index contributed by atoms with van der Waals surface area (Å²) in [6, 6.07) is 0. The summed E-state index contributed by atoms with van der Waals surface area (Å²) in [5.74, 6) is 0.305. The summed E-state index contributed by atoms with van der Waals surface area (Å²) in [5, 5.41) is 0. The molecule has 1 amide bonds. The number of piperidine rings is 1. The minimum Gasteiger partial charge on any atom is -0.460 e. The van der Waals surface area contributed by atoms with E-state index in [9.17, 15) is 9.59 Å². The van der Waals surface area contributed by atoms with Crippen molar-refractivity contribution in [3.63, 3.8) is 0 Å². The molecule has 0 atom stereocenters. The zero-order valence-electron chi connectivity index (χ0n) is 16.8. The summed E-state index contributed by atoms with van der Waals surface area (Å²) in [6.07, 6.45) is 5.61. The van der Waals surface area contributed by atoms with Crippen molar-refractivity contribution >= 4 is 12.1 Å². The third-order valence-corrected chi connectivity index (χ3v) is 5.25. The minimum atomic E-state index is -0.498. The van der Waals surface area contributed by atoms with Crippen molar-refractivity contribution in [3.8, 4) is 0 Å². The van der Waals surface area contributed by atoms with Crippen LogP contribution >= 0.6 is 0 Å². The molecule has 2 aliphatic rings. The zero-order chi connectivity index (χ0) is 18.9. The number of ether oxygens (including phenoxy) is 2. The molecule has 1 saturated carbocycles. The normalized spacial score (nSPS) is 21.9. The Labute approximate surface area is 152 Å². The van der Waals surface area contributed by atoms with Gasteiger partial charge in [0.05, 0.1) is 5.41 Å². The Morgan fingerprint density at radius 3 is 1.80 bits per heavy atom. The first-order valence-electron chi connectivity index (χ1n) is 9.64. The maximum atomic E-state index is 13.1. The van der Waals surface area contributed by atoms with E-state index in [0.29, 0.717) is 31.8 Å². The lowest BCUT2D eigenvalue weighted by Gasteiger charge is -2.44. The molecular formula is C20H35NO4. The second-order valence-electron chi connectivity index (χ2n) is 9.61. The number of hydrogen-bond donors (Lipinski definition) is 0. The van der Waals surface area contributed by atoms with E-state index in [1.807, 2.05) is 41.5 Å². The average molecular weight is 354 g/mol. The van der Waals surface area contributed by atoms with Gasteiger partial charge in [0.1, 0.15) is 11.2 Å². The highest BCUT2D eigenvalue weighted by Crippen LogP contribution is 2.48. The van der Waals surface area contributed by atoms with Gasteiger partial charge < -0.3 is 14.4 Å². The van der Waals surface area contributed by atoms with Gasteiger partial charge in [0.2, 0.25) is 0 Å². The molecule has 1 saturated heterocycles. The molecule has 1 aliphatic carbocycles. The Balaban J connectivity index is 2.10. The van der Waals surface area contributed by atoms with Crippen LogP contribution in [0.5, 0.6) is 0 Å². The monoisotopic (exact) mass is 353 g/mol. The Morgan fingerprint density at radius 2 is 1.36 bits per heavy atom. The third-order valence-electron chi connectivity index (χ3n) is 5.25. The molecule has 5 nitrogen and oxygen atoms in total. The Morgan fingerprint density at radius 1 is 0.880 bits per heavy atom. The van der Waals surface area contributed by atoms with Gasteiger partial charge in [-0.15, -0.1) is 0 Å². The van der Waals surface area contributed by atoms with Crippen molar-refractivity contribution in [2.45, 2.75) is 91.3 Å². The van der Waals surface area contributed by atoms with Crippen LogP contribution in [0.3, 0.4) is 0 Å². The Bertz CT molecular complexity index is 487. The highest BCUT2D eigenvalue weighted by molar-refractivity contribution is 5.78. The van der Waals surface area contributed by atoms with E-state index in [0.717, 1.165) is 12.8 Å². The van der Waals surface area contributed by atoms with E-state index < -0.39 is 16.6 Å². The standard InChI is InChI=1S/C20H35NO4/c1-18(2,3)24-16(22)20(15-9-7-8-10-15)11-13-21(14-12-20)17(23)25-19(4,5)6/h15H,7-14H2,1-6H3. The predicted octanol–water partition coefficient (Wildman–Crippen LogP) is 4.54. The molecule has 0 bridgehead atoms. The van der Waals surface area contributed by atoms with E-state index in [4.69, 9.17) is 9.47 Å². The van der Waals surface area contributed by atoms with Crippen LogP contribution in [0.2, 0.25) is 0 Å². The molecule has 0 unspecified atom stereocenters. The summed E-state index contributed by atoms with van der Waals surface area (Å²) < 4.78 is 11.3. The van der Waals surface area contributed by atoms with Gasteiger partial charge in [-0.1, -0.05) is 12.8 Å². The first-order chi connectivity index (χ1) is 11.4. The summed E-state index contributed by atoms with van der Waals surface area (Å²) >= 11 is 0. The van der Waals surface area contributed by atoms with Gasteiger partial charge in [0.15, 0.2) is 0 Å². The van der Waals surface area contributed by atoms with Crippen molar-refractivity contribution in [2.75, 3.05) is 13.1 Å². The molecule has 144 valence electrons. The average Bonchev–Trinajstić information content (AvgIpc) is 2.98. The van der Waals surface area contributed by atoms with E-state index in [2.05, 4.69) is 0 Å². The highest BCUT2D eigenvalue weighted by atomic mass is 16.6. The minimum absolute atomic E-state index is 0.0734. The summed E-state index contributed by atoms with van der Waals surface area (Å²) in [5.41, 5.74) is -1.42. The molecular weight excluding hydrogens is 318 g/mol. The van der Waals surface area contributed by atoms with E-state index in [1.54, 1.807) is 4.90 Å². The molecule has 2 fully saturated rings. The lowest BCUT2D eigenvalue weighted by atomic mass is 9.67. The molecule has 25 heavy (non-hydrogen) atoms. The predicted molar refractivity (Wildman–Crippen MR) is 97.3 cm³/mol. The van der Waals surface area contributed by atoms with Crippen molar-refractivity contribution < 1.29 is 19.1 Å². The van der Waals surface area contributed by atoms with Gasteiger partial charge in [-0.25, -0.2) is 4.79 Å². The molecule has 0 aromatic heterocycles. The second kappa shape index (κ2) is 7.16. The highest BCUT2D eigenvalue weighted by Gasteiger charge is 2.51. The largest absolute Gasteiger partial charge is 0.460 e. The van der Waals surface area contributed by atoms with Gasteiger partial charge in [-0.3, -0.25) is 4.79 Å². The fourth-order valence-electron chi connectivity index (χ4n) is 4.05. The van der Waals surface area contributed by atoms with Crippen molar-refractivity contribution in [3.05, 3.63) is 0 Å². The second-order valence-corrected chi connectivity index (χ2v) is 9.61. The smallest absolute Gasteiger partial charge is 0.410 e. The molecule has 0 radical (unpaired) electrons. The van der Waals surface area contributed by atoms with Crippen LogP contribution < -0.4 is 0 Å². The van der Waals surface area contributed by atoms with Crippen LogP contribution in [0.1, 0.15) is 80.1 Å². The van der Waals surface area contributed by atoms with Crippen molar-refractivity contribution in [2.24, 2.45) is 11.3 Å². The Kier molecular flexibility index (Phi) is 5.75. The Hall–Kier alpha value is -1.26. The number of amides is 1. The molecule has 0 aromatic carbocycles. The summed E-state index contributed by atoms with van der Waals surface area (Å²) in [7, 11) is 0. The summed E-state index contributed by atoms with van der Waals surface area (Å²) in [6.45, 7) is 12.5. The number of hydrogen-bond acceptors (Lipinski definition) is 4. The topological polar surface area (TPSA) is 55.8 Å². The van der Waals surface area contributed by atoms with Crippen LogP contribution in [0.25, 0.3) is 0 Å². The van der Waals surface area contributed by atoms with E-state index >= 15 is 0 Å². The van der Waals surface area contributed by atoms with Gasteiger partial charge in [-0.2, -0.15) is 0 Å². The number of esters is 1. The fraction of sp³-hybridized carbons (Fsp3) is 0.900. The maximum Gasteiger partial charge on any atom is 0.410 e. The maximum absolute atomic E-state index is 13.1. The molecule has 5 heteroatoms. The van der Waals surface area contributed by atoms with Gasteiger partial charge in [0.25, 0.3) is 0 Å². The molecule has 0 aromatic rings. The lowest BCUT2D eigenvalue weighted by Crippen LogP contribution is -2.52. The first-order valence-corrected chi connectivity index (χ1v) is 9.64. The van der Waals surface area contributed by atoms with Crippen molar-refractivity contribution in [1.82, 2.24) is 4.90 Å². The summed E-state index contributed by atoms with van der Waals surface area (Å²) in [4.78, 5) is 27.1. The molecule has 0 spiro atoms. The van der Waals surface area contributed by atoms with Gasteiger partial charge in [-0.05, 0) is 73.1 Å². The quantitative estimate of drug-likeness (QED) is 0.684. The van der Waals surface area contributed by atoms with Gasteiger partial charge in [0, 0.05) is 13.1 Å². The van der Waals surface area contributed by atoms with Crippen LogP contribution in [0.4, 0.5) is 4.79 Å². The van der Waals surface area contributed by atoms with Crippen LogP contribution in [0, 0.1) is 11.3 Å². The number of carbonyl (C=O) groups is 2. The van der Waals surface area contributed by atoms with Crippen LogP contribution in [0.15, 0.2) is 0 Å². The molecule has 1 heterocycles. The van der Waals surface area contributed by atoms with Gasteiger partial charge >= 0.3 is 12.1 Å². The van der Waals surface area contributed by atoms with Crippen LogP contribution in [-0.2, 0) is 14.3 Å². The SMILES string of the molecule is CC(C)(C)OC(=O)N1CCC(C(=O)OC(C)(C)C)(C2CCCC2)CC1. The number of rotatable bonds is 2.